The molecule has 3 rings (SSSR count). The van der Waals surface area contributed by atoms with Gasteiger partial charge < -0.3 is 9.84 Å². The van der Waals surface area contributed by atoms with Crippen LogP contribution in [0, 0.1) is 12.7 Å². The minimum absolute atomic E-state index is 0.173. The number of hydrogen-bond acceptors (Lipinski definition) is 5. The van der Waals surface area contributed by atoms with Gasteiger partial charge in [0.2, 0.25) is 17.6 Å². The Balaban J connectivity index is 1.60. The standard InChI is InChI=1S/C16H16FN5O2/c1-10-13(9-18-22(10)2)19-14(23)7-8-15-20-16(21-24-15)11-5-3-4-6-12(11)17/h3-6,9H,7-8H2,1-2H3,(H,19,23). The molecule has 0 radical (unpaired) electrons. The highest BCUT2D eigenvalue weighted by Crippen LogP contribution is 2.19. The Morgan fingerprint density at radius 1 is 1.38 bits per heavy atom. The van der Waals surface area contributed by atoms with Crippen LogP contribution in [-0.2, 0) is 18.3 Å². The number of halogens is 1. The number of amides is 1. The van der Waals surface area contributed by atoms with Crippen LogP contribution in [0.4, 0.5) is 10.1 Å². The molecule has 1 N–H and O–H groups in total. The van der Waals surface area contributed by atoms with E-state index in [1.165, 1.54) is 6.07 Å². The van der Waals surface area contributed by atoms with Gasteiger partial charge in [-0.05, 0) is 19.1 Å². The summed E-state index contributed by atoms with van der Waals surface area (Å²) in [5, 5.41) is 10.6. The molecular formula is C16H16FN5O2. The van der Waals surface area contributed by atoms with Gasteiger partial charge in [0, 0.05) is 19.9 Å². The highest BCUT2D eigenvalue weighted by Gasteiger charge is 2.14. The zero-order chi connectivity index (χ0) is 17.1. The minimum atomic E-state index is -0.422. The number of rotatable bonds is 5. The average molecular weight is 329 g/mol. The Hall–Kier alpha value is -3.03. The van der Waals surface area contributed by atoms with Crippen molar-refractivity contribution in [3.05, 3.63) is 47.9 Å². The van der Waals surface area contributed by atoms with Crippen LogP contribution in [0.2, 0.25) is 0 Å². The van der Waals surface area contributed by atoms with E-state index in [2.05, 4.69) is 20.6 Å². The molecule has 0 atom stereocenters. The molecule has 24 heavy (non-hydrogen) atoms. The van der Waals surface area contributed by atoms with Gasteiger partial charge in [-0.2, -0.15) is 10.1 Å². The molecule has 2 heterocycles. The van der Waals surface area contributed by atoms with Crippen LogP contribution in [0.15, 0.2) is 35.0 Å². The van der Waals surface area contributed by atoms with Gasteiger partial charge in [0.1, 0.15) is 5.82 Å². The van der Waals surface area contributed by atoms with E-state index < -0.39 is 5.82 Å². The molecule has 124 valence electrons. The Labute approximate surface area is 137 Å². The van der Waals surface area contributed by atoms with Gasteiger partial charge in [-0.3, -0.25) is 9.48 Å². The van der Waals surface area contributed by atoms with Gasteiger partial charge in [0.15, 0.2) is 0 Å². The van der Waals surface area contributed by atoms with Crippen molar-refractivity contribution in [2.75, 3.05) is 5.32 Å². The molecule has 8 heteroatoms. The van der Waals surface area contributed by atoms with Crippen LogP contribution in [0.25, 0.3) is 11.4 Å². The normalized spacial score (nSPS) is 10.8. The van der Waals surface area contributed by atoms with E-state index in [1.54, 1.807) is 36.1 Å². The molecule has 3 aromatic rings. The molecule has 2 aromatic heterocycles. The molecule has 0 saturated carbocycles. The van der Waals surface area contributed by atoms with Gasteiger partial charge in [0.05, 0.1) is 23.1 Å². The second kappa shape index (κ2) is 6.61. The monoisotopic (exact) mass is 329 g/mol. The van der Waals surface area contributed by atoms with Gasteiger partial charge in [-0.1, -0.05) is 17.3 Å². The van der Waals surface area contributed by atoms with E-state index in [0.29, 0.717) is 5.69 Å². The second-order valence-electron chi connectivity index (χ2n) is 5.31. The summed E-state index contributed by atoms with van der Waals surface area (Å²) in [4.78, 5) is 16.1. The summed E-state index contributed by atoms with van der Waals surface area (Å²) in [6.45, 7) is 1.86. The molecule has 7 nitrogen and oxygen atoms in total. The fraction of sp³-hybridized carbons (Fsp3) is 0.250. The summed E-state index contributed by atoms with van der Waals surface area (Å²) >= 11 is 0. The topological polar surface area (TPSA) is 85.8 Å². The Morgan fingerprint density at radius 2 is 2.17 bits per heavy atom. The van der Waals surface area contributed by atoms with E-state index in [-0.39, 0.29) is 36.0 Å². The quantitative estimate of drug-likeness (QED) is 0.777. The molecule has 0 unspecified atom stereocenters. The Morgan fingerprint density at radius 3 is 2.88 bits per heavy atom. The van der Waals surface area contributed by atoms with Gasteiger partial charge in [-0.15, -0.1) is 0 Å². The summed E-state index contributed by atoms with van der Waals surface area (Å²) in [5.41, 5.74) is 1.80. The van der Waals surface area contributed by atoms with Crippen LogP contribution >= 0.6 is 0 Å². The summed E-state index contributed by atoms with van der Waals surface area (Å²) in [5.74, 6) is -0.149. The average Bonchev–Trinajstić information content (AvgIpc) is 3.16. The minimum Gasteiger partial charge on any atom is -0.339 e. The number of nitrogens with one attached hydrogen (secondary N) is 1. The van der Waals surface area contributed by atoms with Crippen molar-refractivity contribution in [3.8, 4) is 11.4 Å². The molecule has 0 aliphatic heterocycles. The number of anilines is 1. The summed E-state index contributed by atoms with van der Waals surface area (Å²) in [6, 6.07) is 6.18. The maximum Gasteiger partial charge on any atom is 0.227 e. The first-order valence-electron chi connectivity index (χ1n) is 7.40. The van der Waals surface area contributed by atoms with E-state index in [0.717, 1.165) is 5.69 Å². The number of carbonyl (C=O) groups excluding carboxylic acids is 1. The number of aryl methyl sites for hydroxylation is 2. The molecule has 0 aliphatic carbocycles. The molecule has 0 bridgehead atoms. The van der Waals surface area contributed by atoms with E-state index in [9.17, 15) is 9.18 Å². The second-order valence-corrected chi connectivity index (χ2v) is 5.31. The number of carbonyl (C=O) groups is 1. The third-order valence-corrected chi connectivity index (χ3v) is 3.66. The highest BCUT2D eigenvalue weighted by atomic mass is 19.1. The first-order valence-corrected chi connectivity index (χ1v) is 7.40. The SMILES string of the molecule is Cc1c(NC(=O)CCc2nc(-c3ccccc3F)no2)cnn1C. The largest absolute Gasteiger partial charge is 0.339 e. The Kier molecular flexibility index (Phi) is 4.37. The lowest BCUT2D eigenvalue weighted by atomic mass is 10.2. The first kappa shape index (κ1) is 15.9. The van der Waals surface area contributed by atoms with Gasteiger partial charge in [-0.25, -0.2) is 4.39 Å². The smallest absolute Gasteiger partial charge is 0.227 e. The van der Waals surface area contributed by atoms with Crippen molar-refractivity contribution >= 4 is 11.6 Å². The van der Waals surface area contributed by atoms with Crippen molar-refractivity contribution in [2.24, 2.45) is 7.05 Å². The zero-order valence-electron chi connectivity index (χ0n) is 13.3. The third-order valence-electron chi connectivity index (χ3n) is 3.66. The lowest BCUT2D eigenvalue weighted by Gasteiger charge is -2.03. The molecule has 0 spiro atoms. The predicted molar refractivity (Wildman–Crippen MR) is 84.6 cm³/mol. The fourth-order valence-corrected chi connectivity index (χ4v) is 2.16. The van der Waals surface area contributed by atoms with Crippen molar-refractivity contribution in [1.82, 2.24) is 19.9 Å². The fourth-order valence-electron chi connectivity index (χ4n) is 2.16. The number of aromatic nitrogens is 4. The maximum atomic E-state index is 13.7. The van der Waals surface area contributed by atoms with Crippen LogP contribution in [0.5, 0.6) is 0 Å². The molecular weight excluding hydrogens is 313 g/mol. The molecule has 1 amide bonds. The lowest BCUT2D eigenvalue weighted by Crippen LogP contribution is -2.13. The van der Waals surface area contributed by atoms with Crippen LogP contribution in [-0.4, -0.2) is 25.8 Å². The highest BCUT2D eigenvalue weighted by molar-refractivity contribution is 5.91. The van der Waals surface area contributed by atoms with E-state index in [1.807, 2.05) is 6.92 Å². The predicted octanol–water partition coefficient (Wildman–Crippen LogP) is 2.49. The van der Waals surface area contributed by atoms with Crippen molar-refractivity contribution in [1.29, 1.82) is 0 Å². The van der Waals surface area contributed by atoms with E-state index >= 15 is 0 Å². The van der Waals surface area contributed by atoms with Crippen LogP contribution in [0.1, 0.15) is 18.0 Å². The van der Waals surface area contributed by atoms with Crippen LogP contribution in [0.3, 0.4) is 0 Å². The Bertz CT molecular complexity index is 871. The number of benzene rings is 1. The van der Waals surface area contributed by atoms with Gasteiger partial charge in [0.25, 0.3) is 0 Å². The number of nitrogens with zero attached hydrogens (tertiary/aromatic N) is 4. The van der Waals surface area contributed by atoms with Crippen molar-refractivity contribution < 1.29 is 13.7 Å². The van der Waals surface area contributed by atoms with Crippen molar-refractivity contribution in [2.45, 2.75) is 19.8 Å². The molecule has 0 fully saturated rings. The molecule has 0 saturated heterocycles. The summed E-state index contributed by atoms with van der Waals surface area (Å²) in [6.07, 6.45) is 2.04. The zero-order valence-corrected chi connectivity index (χ0v) is 13.3. The van der Waals surface area contributed by atoms with Gasteiger partial charge >= 0.3 is 0 Å². The third kappa shape index (κ3) is 3.32. The first-order chi connectivity index (χ1) is 11.5. The summed E-state index contributed by atoms with van der Waals surface area (Å²) in [7, 11) is 1.80. The summed E-state index contributed by atoms with van der Waals surface area (Å²) < 4.78 is 20.4. The molecule has 0 aliphatic rings. The maximum absolute atomic E-state index is 13.7. The molecule has 1 aromatic carbocycles. The van der Waals surface area contributed by atoms with Crippen molar-refractivity contribution in [3.63, 3.8) is 0 Å². The van der Waals surface area contributed by atoms with E-state index in [4.69, 9.17) is 4.52 Å². The van der Waals surface area contributed by atoms with Crippen LogP contribution < -0.4 is 5.32 Å². The lowest BCUT2D eigenvalue weighted by molar-refractivity contribution is -0.116. The number of hydrogen-bond donors (Lipinski definition) is 1.